The van der Waals surface area contributed by atoms with Gasteiger partial charge in [-0.2, -0.15) is 13.2 Å². The highest BCUT2D eigenvalue weighted by Gasteiger charge is 2.56. The summed E-state index contributed by atoms with van der Waals surface area (Å²) < 4.78 is 41.0. The summed E-state index contributed by atoms with van der Waals surface area (Å²) in [4.78, 5) is 4.74. The lowest BCUT2D eigenvalue weighted by Crippen LogP contribution is -2.46. The van der Waals surface area contributed by atoms with Crippen LogP contribution in [0.15, 0.2) is 23.8 Å². The molecule has 2 aromatic rings. The molecule has 0 radical (unpaired) electrons. The van der Waals surface area contributed by atoms with Gasteiger partial charge in [-0.3, -0.25) is 0 Å². The van der Waals surface area contributed by atoms with Crippen LogP contribution in [0.1, 0.15) is 22.7 Å². The number of hydrogen-bond acceptors (Lipinski definition) is 4. The monoisotopic (exact) mass is 333 g/mol. The van der Waals surface area contributed by atoms with Gasteiger partial charge in [-0.15, -0.1) is 11.3 Å². The molecular formula is C14H18F3N3OS. The number of aryl methyl sites for hydroxylation is 2. The van der Waals surface area contributed by atoms with E-state index in [4.69, 9.17) is 0 Å². The SMILES string of the molecule is Cc1ccsc1CNCCC(O)(c1nccn1C)C(F)(F)F. The minimum Gasteiger partial charge on any atom is -0.374 e. The summed E-state index contributed by atoms with van der Waals surface area (Å²) in [5.41, 5.74) is -1.85. The van der Waals surface area contributed by atoms with Crippen LogP contribution in [0.2, 0.25) is 0 Å². The van der Waals surface area contributed by atoms with E-state index in [2.05, 4.69) is 10.3 Å². The van der Waals surface area contributed by atoms with Crippen molar-refractivity contribution in [3.8, 4) is 0 Å². The van der Waals surface area contributed by atoms with Crippen LogP contribution < -0.4 is 5.32 Å². The first-order chi connectivity index (χ1) is 10.3. The molecule has 0 aliphatic heterocycles. The van der Waals surface area contributed by atoms with Crippen molar-refractivity contribution in [2.24, 2.45) is 7.05 Å². The second kappa shape index (κ2) is 6.39. The lowest BCUT2D eigenvalue weighted by Gasteiger charge is -2.30. The molecule has 0 amide bonds. The normalized spacial score (nSPS) is 15.0. The number of nitrogens with one attached hydrogen (secondary N) is 1. The molecule has 0 aliphatic carbocycles. The van der Waals surface area contributed by atoms with Crippen molar-refractivity contribution in [2.45, 2.75) is 31.7 Å². The number of imidazole rings is 1. The maximum Gasteiger partial charge on any atom is 0.424 e. The Bertz CT molecular complexity index is 623. The quantitative estimate of drug-likeness (QED) is 0.799. The fraction of sp³-hybridized carbons (Fsp3) is 0.500. The summed E-state index contributed by atoms with van der Waals surface area (Å²) in [6.07, 6.45) is -2.65. The standard InChI is InChI=1S/C14H18F3N3OS/c1-10-3-8-22-11(10)9-18-5-4-13(21,14(15,16)17)12-19-6-7-20(12)2/h3,6-8,18,21H,4-5,9H2,1-2H3. The molecule has 4 nitrogen and oxygen atoms in total. The van der Waals surface area contributed by atoms with Gasteiger partial charge in [-0.25, -0.2) is 4.98 Å². The van der Waals surface area contributed by atoms with Gasteiger partial charge in [-0.1, -0.05) is 0 Å². The highest BCUT2D eigenvalue weighted by molar-refractivity contribution is 7.10. The number of alkyl halides is 3. The third kappa shape index (κ3) is 3.34. The van der Waals surface area contributed by atoms with E-state index in [0.29, 0.717) is 6.54 Å². The van der Waals surface area contributed by atoms with Gasteiger partial charge in [0.05, 0.1) is 0 Å². The predicted octanol–water partition coefficient (Wildman–Crippen LogP) is 2.72. The molecule has 2 N–H and O–H groups in total. The Labute approximate surface area is 130 Å². The highest BCUT2D eigenvalue weighted by Crippen LogP contribution is 2.40. The van der Waals surface area contributed by atoms with Gasteiger partial charge in [0, 0.05) is 37.3 Å². The highest BCUT2D eigenvalue weighted by atomic mass is 32.1. The largest absolute Gasteiger partial charge is 0.424 e. The first-order valence-corrected chi connectivity index (χ1v) is 7.64. The zero-order valence-corrected chi connectivity index (χ0v) is 13.1. The van der Waals surface area contributed by atoms with E-state index in [0.717, 1.165) is 10.4 Å². The number of halogens is 3. The summed E-state index contributed by atoms with van der Waals surface area (Å²) in [5.74, 6) is -0.394. The van der Waals surface area contributed by atoms with Gasteiger partial charge >= 0.3 is 6.18 Å². The number of rotatable bonds is 6. The van der Waals surface area contributed by atoms with Crippen molar-refractivity contribution < 1.29 is 18.3 Å². The molecule has 1 atom stereocenters. The van der Waals surface area contributed by atoms with E-state index in [1.54, 1.807) is 11.3 Å². The second-order valence-corrected chi connectivity index (χ2v) is 6.17. The number of aromatic nitrogens is 2. The molecule has 2 rings (SSSR count). The maximum absolute atomic E-state index is 13.3. The van der Waals surface area contributed by atoms with Crippen LogP contribution in [0.3, 0.4) is 0 Å². The molecule has 22 heavy (non-hydrogen) atoms. The van der Waals surface area contributed by atoms with Gasteiger partial charge in [0.1, 0.15) is 5.82 Å². The van der Waals surface area contributed by atoms with E-state index in [-0.39, 0.29) is 6.54 Å². The van der Waals surface area contributed by atoms with Crippen LogP contribution in [0.4, 0.5) is 13.2 Å². The Balaban J connectivity index is 2.03. The maximum atomic E-state index is 13.3. The average molecular weight is 333 g/mol. The fourth-order valence-corrected chi connectivity index (χ4v) is 3.08. The van der Waals surface area contributed by atoms with Gasteiger partial charge in [0.2, 0.25) is 5.60 Å². The Kier molecular flexibility index (Phi) is 4.93. The van der Waals surface area contributed by atoms with Gasteiger partial charge in [-0.05, 0) is 30.5 Å². The average Bonchev–Trinajstić information content (AvgIpc) is 3.02. The summed E-state index contributed by atoms with van der Waals surface area (Å²) >= 11 is 1.55. The third-order valence-electron chi connectivity index (χ3n) is 3.58. The minimum atomic E-state index is -4.79. The number of aliphatic hydroxyl groups is 1. The molecule has 2 aromatic heterocycles. The summed E-state index contributed by atoms with van der Waals surface area (Å²) in [6, 6.07) is 1.96. The molecule has 0 saturated carbocycles. The van der Waals surface area contributed by atoms with Crippen LogP contribution in [-0.2, 0) is 19.2 Å². The van der Waals surface area contributed by atoms with Crippen molar-refractivity contribution in [2.75, 3.05) is 6.54 Å². The van der Waals surface area contributed by atoms with Crippen molar-refractivity contribution in [1.82, 2.24) is 14.9 Å². The summed E-state index contributed by atoms with van der Waals surface area (Å²) in [7, 11) is 1.43. The molecule has 8 heteroatoms. The summed E-state index contributed by atoms with van der Waals surface area (Å²) in [5, 5.41) is 15.0. The first kappa shape index (κ1) is 17.0. The second-order valence-electron chi connectivity index (χ2n) is 5.17. The van der Waals surface area contributed by atoms with Crippen molar-refractivity contribution in [1.29, 1.82) is 0 Å². The van der Waals surface area contributed by atoms with Crippen molar-refractivity contribution in [3.63, 3.8) is 0 Å². The Morgan fingerprint density at radius 2 is 2.14 bits per heavy atom. The Morgan fingerprint density at radius 1 is 1.41 bits per heavy atom. The van der Waals surface area contributed by atoms with Crippen LogP contribution in [0.25, 0.3) is 0 Å². The minimum absolute atomic E-state index is 0.0280. The van der Waals surface area contributed by atoms with E-state index >= 15 is 0 Å². The van der Waals surface area contributed by atoms with Gasteiger partial charge in [0.15, 0.2) is 0 Å². The summed E-state index contributed by atoms with van der Waals surface area (Å²) in [6.45, 7) is 2.46. The van der Waals surface area contributed by atoms with E-state index in [1.165, 1.54) is 24.0 Å². The Hall–Kier alpha value is -1.38. The molecule has 0 aliphatic rings. The molecule has 0 bridgehead atoms. The predicted molar refractivity (Wildman–Crippen MR) is 78.5 cm³/mol. The lowest BCUT2D eigenvalue weighted by atomic mass is 9.97. The molecule has 2 heterocycles. The zero-order chi connectivity index (χ0) is 16.4. The molecule has 1 unspecified atom stereocenters. The van der Waals surface area contributed by atoms with Crippen LogP contribution >= 0.6 is 11.3 Å². The smallest absolute Gasteiger partial charge is 0.374 e. The van der Waals surface area contributed by atoms with Crippen molar-refractivity contribution >= 4 is 11.3 Å². The molecule has 0 spiro atoms. The van der Waals surface area contributed by atoms with Crippen molar-refractivity contribution in [3.05, 3.63) is 40.1 Å². The van der Waals surface area contributed by atoms with Gasteiger partial charge < -0.3 is 15.0 Å². The molecular weight excluding hydrogens is 315 g/mol. The van der Waals surface area contributed by atoms with Crippen LogP contribution in [0.5, 0.6) is 0 Å². The van der Waals surface area contributed by atoms with Gasteiger partial charge in [0.25, 0.3) is 0 Å². The van der Waals surface area contributed by atoms with Crippen LogP contribution in [0, 0.1) is 6.92 Å². The van der Waals surface area contributed by atoms with E-state index in [9.17, 15) is 18.3 Å². The molecule has 0 fully saturated rings. The van der Waals surface area contributed by atoms with E-state index < -0.39 is 24.0 Å². The zero-order valence-electron chi connectivity index (χ0n) is 12.3. The molecule has 122 valence electrons. The number of thiophene rings is 1. The topological polar surface area (TPSA) is 50.1 Å². The van der Waals surface area contributed by atoms with E-state index in [1.807, 2.05) is 18.4 Å². The Morgan fingerprint density at radius 3 is 2.64 bits per heavy atom. The first-order valence-electron chi connectivity index (χ1n) is 6.76. The fourth-order valence-electron chi connectivity index (χ4n) is 2.20. The lowest BCUT2D eigenvalue weighted by molar-refractivity contribution is -0.272. The number of hydrogen-bond donors (Lipinski definition) is 2. The third-order valence-corrected chi connectivity index (χ3v) is 4.60. The number of nitrogens with zero attached hydrogens (tertiary/aromatic N) is 2. The molecule has 0 aromatic carbocycles. The van der Waals surface area contributed by atoms with Crippen LogP contribution in [-0.4, -0.2) is 27.4 Å². The molecule has 0 saturated heterocycles.